The van der Waals surface area contributed by atoms with Gasteiger partial charge in [0.05, 0.1) is 5.39 Å². The van der Waals surface area contributed by atoms with Crippen molar-refractivity contribution in [3.63, 3.8) is 0 Å². The van der Waals surface area contributed by atoms with Gasteiger partial charge in [-0.05, 0) is 36.8 Å². The number of benzene rings is 1. The van der Waals surface area contributed by atoms with Crippen LogP contribution in [0.5, 0.6) is 5.88 Å². The van der Waals surface area contributed by atoms with Gasteiger partial charge in [-0.1, -0.05) is 25.1 Å². The molecule has 0 amide bonds. The Kier molecular flexibility index (Phi) is 3.73. The van der Waals surface area contributed by atoms with E-state index < -0.39 is 0 Å². The van der Waals surface area contributed by atoms with Crippen LogP contribution < -0.4 is 4.74 Å². The number of hydrogen-bond donors (Lipinski definition) is 0. The van der Waals surface area contributed by atoms with Crippen molar-refractivity contribution >= 4 is 21.6 Å². The minimum Gasteiger partial charge on any atom is -0.472 e. The average molecular weight is 328 g/mol. The van der Waals surface area contributed by atoms with E-state index in [1.807, 2.05) is 6.07 Å². The lowest BCUT2D eigenvalue weighted by atomic mass is 9.89. The van der Waals surface area contributed by atoms with Gasteiger partial charge in [-0.15, -0.1) is 11.3 Å². The summed E-state index contributed by atoms with van der Waals surface area (Å²) >= 11 is 1.74. The number of ether oxygens (including phenoxy) is 1. The van der Waals surface area contributed by atoms with E-state index in [2.05, 4.69) is 16.9 Å². The molecule has 1 unspecified atom stereocenters. The number of nitrogens with zero attached hydrogens (tertiary/aromatic N) is 2. The zero-order valence-corrected chi connectivity index (χ0v) is 13.7. The van der Waals surface area contributed by atoms with Crippen molar-refractivity contribution in [1.82, 2.24) is 9.97 Å². The van der Waals surface area contributed by atoms with Crippen LogP contribution in [0, 0.1) is 11.7 Å². The number of halogens is 1. The maximum absolute atomic E-state index is 13.8. The Labute approximate surface area is 138 Å². The zero-order chi connectivity index (χ0) is 15.8. The van der Waals surface area contributed by atoms with E-state index in [9.17, 15) is 4.39 Å². The molecule has 0 spiro atoms. The van der Waals surface area contributed by atoms with Crippen molar-refractivity contribution in [2.24, 2.45) is 5.92 Å². The molecule has 2 heterocycles. The molecule has 0 saturated heterocycles. The molecule has 3 nitrogen and oxygen atoms in total. The molecule has 118 valence electrons. The van der Waals surface area contributed by atoms with Gasteiger partial charge in [0.2, 0.25) is 5.88 Å². The van der Waals surface area contributed by atoms with Crippen LogP contribution in [0.3, 0.4) is 0 Å². The fourth-order valence-electron chi connectivity index (χ4n) is 3.12. The highest BCUT2D eigenvalue weighted by Crippen LogP contribution is 2.40. The molecule has 2 aromatic heterocycles. The largest absolute Gasteiger partial charge is 0.472 e. The summed E-state index contributed by atoms with van der Waals surface area (Å²) in [5.74, 6) is 1.04. The van der Waals surface area contributed by atoms with Crippen molar-refractivity contribution in [3.05, 3.63) is 52.4 Å². The summed E-state index contributed by atoms with van der Waals surface area (Å²) in [6.07, 6.45) is 4.86. The quantitative estimate of drug-likeness (QED) is 0.708. The van der Waals surface area contributed by atoms with Crippen LogP contribution in [0.25, 0.3) is 10.2 Å². The SMILES string of the molecule is CC1CCc2c(sc3ncnc(OCc4ccccc4F)c23)C1. The molecule has 0 radical (unpaired) electrons. The van der Waals surface area contributed by atoms with Gasteiger partial charge in [0.1, 0.15) is 23.6 Å². The van der Waals surface area contributed by atoms with Crippen molar-refractivity contribution in [2.45, 2.75) is 32.8 Å². The Morgan fingerprint density at radius 3 is 3.04 bits per heavy atom. The maximum atomic E-state index is 13.8. The van der Waals surface area contributed by atoms with Gasteiger partial charge in [0.25, 0.3) is 0 Å². The predicted octanol–water partition coefficient (Wildman–Crippen LogP) is 4.53. The smallest absolute Gasteiger partial charge is 0.225 e. The van der Waals surface area contributed by atoms with E-state index >= 15 is 0 Å². The summed E-state index contributed by atoms with van der Waals surface area (Å²) in [4.78, 5) is 11.1. The third-order valence-corrected chi connectivity index (χ3v) is 5.54. The molecule has 0 N–H and O–H groups in total. The second-order valence-electron chi connectivity index (χ2n) is 6.09. The summed E-state index contributed by atoms with van der Waals surface area (Å²) in [6.45, 7) is 2.47. The molecule has 4 rings (SSSR count). The number of hydrogen-bond acceptors (Lipinski definition) is 4. The monoisotopic (exact) mass is 328 g/mol. The fourth-order valence-corrected chi connectivity index (χ4v) is 4.46. The van der Waals surface area contributed by atoms with Crippen LogP contribution in [0.2, 0.25) is 0 Å². The summed E-state index contributed by atoms with van der Waals surface area (Å²) in [5, 5.41) is 1.02. The lowest BCUT2D eigenvalue weighted by molar-refractivity contribution is 0.291. The van der Waals surface area contributed by atoms with Gasteiger partial charge >= 0.3 is 0 Å². The van der Waals surface area contributed by atoms with Crippen molar-refractivity contribution < 1.29 is 9.13 Å². The van der Waals surface area contributed by atoms with Gasteiger partial charge in [-0.2, -0.15) is 0 Å². The molecule has 1 aliphatic rings. The van der Waals surface area contributed by atoms with E-state index in [0.29, 0.717) is 17.4 Å². The molecule has 1 atom stereocenters. The van der Waals surface area contributed by atoms with Crippen molar-refractivity contribution in [2.75, 3.05) is 0 Å². The Balaban J connectivity index is 1.69. The van der Waals surface area contributed by atoms with Gasteiger partial charge < -0.3 is 4.74 Å². The Morgan fingerprint density at radius 2 is 2.17 bits per heavy atom. The third-order valence-electron chi connectivity index (χ3n) is 4.38. The topological polar surface area (TPSA) is 35.0 Å². The van der Waals surface area contributed by atoms with Crippen LogP contribution in [0.4, 0.5) is 4.39 Å². The first kappa shape index (κ1) is 14.6. The molecule has 5 heteroatoms. The molecular weight excluding hydrogens is 311 g/mol. The Hall–Kier alpha value is -2.01. The van der Waals surface area contributed by atoms with Crippen molar-refractivity contribution in [1.29, 1.82) is 0 Å². The molecule has 1 aliphatic carbocycles. The van der Waals surface area contributed by atoms with E-state index in [1.54, 1.807) is 23.5 Å². The van der Waals surface area contributed by atoms with Crippen LogP contribution in [-0.2, 0) is 19.4 Å². The van der Waals surface area contributed by atoms with Gasteiger partial charge in [-0.3, -0.25) is 0 Å². The minimum absolute atomic E-state index is 0.180. The third kappa shape index (κ3) is 2.70. The molecule has 0 saturated carbocycles. The molecular formula is C18H17FN2OS. The average Bonchev–Trinajstić information content (AvgIpc) is 2.92. The van der Waals surface area contributed by atoms with Gasteiger partial charge in [-0.25, -0.2) is 14.4 Å². The summed E-state index contributed by atoms with van der Waals surface area (Å²) < 4.78 is 19.6. The molecule has 0 aliphatic heterocycles. The number of aromatic nitrogens is 2. The second-order valence-corrected chi connectivity index (χ2v) is 7.17. The number of fused-ring (bicyclic) bond motifs is 3. The zero-order valence-electron chi connectivity index (χ0n) is 12.9. The Morgan fingerprint density at radius 1 is 1.30 bits per heavy atom. The van der Waals surface area contributed by atoms with E-state index in [-0.39, 0.29) is 12.4 Å². The maximum Gasteiger partial charge on any atom is 0.225 e. The van der Waals surface area contributed by atoms with Crippen LogP contribution >= 0.6 is 11.3 Å². The molecule has 0 bridgehead atoms. The van der Waals surface area contributed by atoms with Crippen molar-refractivity contribution in [3.8, 4) is 5.88 Å². The van der Waals surface area contributed by atoms with E-state index in [1.165, 1.54) is 29.3 Å². The van der Waals surface area contributed by atoms with E-state index in [4.69, 9.17) is 4.74 Å². The highest BCUT2D eigenvalue weighted by Gasteiger charge is 2.23. The first-order valence-electron chi connectivity index (χ1n) is 7.84. The van der Waals surface area contributed by atoms with Gasteiger partial charge in [0, 0.05) is 10.4 Å². The van der Waals surface area contributed by atoms with E-state index in [0.717, 1.165) is 23.1 Å². The first-order chi connectivity index (χ1) is 11.2. The van der Waals surface area contributed by atoms with Crippen LogP contribution in [-0.4, -0.2) is 9.97 Å². The summed E-state index contributed by atoms with van der Waals surface area (Å²) in [5.41, 5.74) is 1.87. The lowest BCUT2D eigenvalue weighted by Gasteiger charge is -2.18. The lowest BCUT2D eigenvalue weighted by Crippen LogP contribution is -2.09. The van der Waals surface area contributed by atoms with Gasteiger partial charge in [0.15, 0.2) is 0 Å². The molecule has 0 fully saturated rings. The molecule has 3 aromatic rings. The summed E-state index contributed by atoms with van der Waals surface area (Å²) in [7, 11) is 0. The molecule has 23 heavy (non-hydrogen) atoms. The highest BCUT2D eigenvalue weighted by atomic mass is 32.1. The van der Waals surface area contributed by atoms with Crippen LogP contribution in [0.15, 0.2) is 30.6 Å². The minimum atomic E-state index is -0.251. The fraction of sp³-hybridized carbons (Fsp3) is 0.333. The van der Waals surface area contributed by atoms with Crippen LogP contribution in [0.1, 0.15) is 29.3 Å². The second kappa shape index (κ2) is 5.89. The predicted molar refractivity (Wildman–Crippen MR) is 89.3 cm³/mol. The standard InChI is InChI=1S/C18H17FN2OS/c1-11-6-7-13-15(8-11)23-18-16(13)17(20-10-21-18)22-9-12-4-2-3-5-14(12)19/h2-5,10-11H,6-9H2,1H3. The number of rotatable bonds is 3. The molecule has 1 aromatic carbocycles. The summed E-state index contributed by atoms with van der Waals surface area (Å²) in [6, 6.07) is 6.67. The first-order valence-corrected chi connectivity index (χ1v) is 8.65. The normalized spacial score (nSPS) is 17.2. The number of aryl methyl sites for hydroxylation is 1. The Bertz CT molecular complexity index is 861. The highest BCUT2D eigenvalue weighted by molar-refractivity contribution is 7.18. The number of thiophene rings is 1.